The van der Waals surface area contributed by atoms with E-state index in [4.69, 9.17) is 28.7 Å². The lowest BCUT2D eigenvalue weighted by atomic mass is 10.3. The van der Waals surface area contributed by atoms with E-state index in [9.17, 15) is 4.79 Å². The molecule has 0 saturated heterocycles. The lowest BCUT2D eigenvalue weighted by Gasteiger charge is -2.07. The number of amides is 1. The summed E-state index contributed by atoms with van der Waals surface area (Å²) in [7, 11) is 0. The van der Waals surface area contributed by atoms with E-state index in [0.29, 0.717) is 15.7 Å². The van der Waals surface area contributed by atoms with Gasteiger partial charge in [0.25, 0.3) is 0 Å². The summed E-state index contributed by atoms with van der Waals surface area (Å²) in [6.45, 7) is -0.294. The first-order valence-corrected chi connectivity index (χ1v) is 4.65. The van der Waals surface area contributed by atoms with Crippen LogP contribution in [0.25, 0.3) is 10.4 Å². The second-order valence-corrected chi connectivity index (χ2v) is 3.35. The van der Waals surface area contributed by atoms with Crippen LogP contribution in [0, 0.1) is 0 Å². The molecule has 0 radical (unpaired) electrons. The zero-order valence-electron chi connectivity index (χ0n) is 7.44. The Labute approximate surface area is 95.6 Å². The molecule has 1 amide bonds. The van der Waals surface area contributed by atoms with E-state index in [0.717, 1.165) is 0 Å². The van der Waals surface area contributed by atoms with E-state index in [-0.39, 0.29) is 6.54 Å². The SMILES string of the molecule is [N-]=[N+]=NCC(=O)Nc1c(Cl)cccc1Cl. The summed E-state index contributed by atoms with van der Waals surface area (Å²) in [6, 6.07) is 4.85. The predicted octanol–water partition coefficient (Wildman–Crippen LogP) is 3.24. The minimum Gasteiger partial charge on any atom is -0.323 e. The van der Waals surface area contributed by atoms with Crippen LogP contribution in [0.4, 0.5) is 5.69 Å². The molecule has 5 nitrogen and oxygen atoms in total. The van der Waals surface area contributed by atoms with E-state index in [2.05, 4.69) is 15.3 Å². The van der Waals surface area contributed by atoms with Crippen LogP contribution in [0.2, 0.25) is 10.0 Å². The predicted molar refractivity (Wildman–Crippen MR) is 59.1 cm³/mol. The first-order chi connectivity index (χ1) is 7.15. The van der Waals surface area contributed by atoms with Crippen LogP contribution in [0.1, 0.15) is 0 Å². The molecule has 1 aromatic carbocycles. The molecule has 0 heterocycles. The average Bonchev–Trinajstić information content (AvgIpc) is 2.21. The zero-order chi connectivity index (χ0) is 11.3. The summed E-state index contributed by atoms with van der Waals surface area (Å²) in [5.74, 6) is -0.470. The van der Waals surface area contributed by atoms with Crippen molar-refractivity contribution >= 4 is 34.8 Å². The van der Waals surface area contributed by atoms with E-state index < -0.39 is 5.91 Å². The fourth-order valence-electron chi connectivity index (χ4n) is 0.892. The molecule has 1 N–H and O–H groups in total. The zero-order valence-corrected chi connectivity index (χ0v) is 8.96. The van der Waals surface area contributed by atoms with Crippen molar-refractivity contribution in [3.05, 3.63) is 38.7 Å². The maximum atomic E-state index is 11.2. The summed E-state index contributed by atoms with van der Waals surface area (Å²) in [6.07, 6.45) is 0. The highest BCUT2D eigenvalue weighted by Gasteiger charge is 2.08. The molecule has 0 bridgehead atoms. The molecule has 0 atom stereocenters. The maximum absolute atomic E-state index is 11.2. The third-order valence-electron chi connectivity index (χ3n) is 1.50. The number of carbonyl (C=O) groups excluding carboxylic acids is 1. The molecule has 78 valence electrons. The van der Waals surface area contributed by atoms with Gasteiger partial charge in [0.1, 0.15) is 6.54 Å². The number of para-hydroxylation sites is 1. The van der Waals surface area contributed by atoms with Gasteiger partial charge in [-0.05, 0) is 17.7 Å². The fourth-order valence-corrected chi connectivity index (χ4v) is 1.38. The smallest absolute Gasteiger partial charge is 0.230 e. The molecule has 0 saturated carbocycles. The van der Waals surface area contributed by atoms with Crippen molar-refractivity contribution in [3.63, 3.8) is 0 Å². The van der Waals surface area contributed by atoms with Crippen LogP contribution in [0.5, 0.6) is 0 Å². The monoisotopic (exact) mass is 244 g/mol. The largest absolute Gasteiger partial charge is 0.323 e. The minimum absolute atomic E-state index is 0.294. The molecule has 15 heavy (non-hydrogen) atoms. The number of anilines is 1. The van der Waals surface area contributed by atoms with Crippen LogP contribution >= 0.6 is 23.2 Å². The second-order valence-electron chi connectivity index (χ2n) is 2.53. The summed E-state index contributed by atoms with van der Waals surface area (Å²) < 4.78 is 0. The van der Waals surface area contributed by atoms with E-state index in [1.165, 1.54) is 0 Å². The third-order valence-corrected chi connectivity index (χ3v) is 2.13. The van der Waals surface area contributed by atoms with Gasteiger partial charge in [0.05, 0.1) is 15.7 Å². The Hall–Kier alpha value is -1.42. The molecule has 7 heteroatoms. The van der Waals surface area contributed by atoms with Gasteiger partial charge in [-0.1, -0.05) is 34.4 Å². The topological polar surface area (TPSA) is 77.9 Å². The fraction of sp³-hybridized carbons (Fsp3) is 0.125. The second kappa shape index (κ2) is 5.46. The normalized spacial score (nSPS) is 9.20. The Kier molecular flexibility index (Phi) is 4.24. The Balaban J connectivity index is 2.80. The number of azide groups is 1. The van der Waals surface area contributed by atoms with Crippen molar-refractivity contribution in [2.45, 2.75) is 0 Å². The first kappa shape index (κ1) is 11.7. The summed E-state index contributed by atoms with van der Waals surface area (Å²) in [5, 5.41) is 6.22. The number of hydrogen-bond donors (Lipinski definition) is 1. The number of hydrogen-bond acceptors (Lipinski definition) is 2. The van der Waals surface area contributed by atoms with Gasteiger partial charge in [0, 0.05) is 4.91 Å². The Bertz CT molecular complexity index is 408. The maximum Gasteiger partial charge on any atom is 0.230 e. The molecule has 0 aliphatic rings. The van der Waals surface area contributed by atoms with Crippen LogP contribution in [0.15, 0.2) is 23.3 Å². The number of nitrogens with zero attached hydrogens (tertiary/aromatic N) is 3. The number of rotatable bonds is 3. The molecule has 0 aliphatic heterocycles. The molecule has 1 aromatic rings. The van der Waals surface area contributed by atoms with Gasteiger partial charge in [-0.15, -0.1) is 0 Å². The molecular formula is C8H6Cl2N4O. The van der Waals surface area contributed by atoms with Crippen LogP contribution in [-0.2, 0) is 4.79 Å². The van der Waals surface area contributed by atoms with Crippen molar-refractivity contribution < 1.29 is 4.79 Å². The van der Waals surface area contributed by atoms with Crippen LogP contribution < -0.4 is 5.32 Å². The lowest BCUT2D eigenvalue weighted by Crippen LogP contribution is -2.14. The third kappa shape index (κ3) is 3.32. The van der Waals surface area contributed by atoms with E-state index >= 15 is 0 Å². The highest BCUT2D eigenvalue weighted by molar-refractivity contribution is 6.39. The van der Waals surface area contributed by atoms with Gasteiger partial charge in [0.15, 0.2) is 0 Å². The lowest BCUT2D eigenvalue weighted by molar-refractivity contribution is -0.114. The number of halogens is 2. The summed E-state index contributed by atoms with van der Waals surface area (Å²) in [5.41, 5.74) is 8.34. The van der Waals surface area contributed by atoms with Crippen molar-refractivity contribution in [3.8, 4) is 0 Å². The van der Waals surface area contributed by atoms with Gasteiger partial charge in [0.2, 0.25) is 5.91 Å². The molecule has 0 fully saturated rings. The van der Waals surface area contributed by atoms with Crippen molar-refractivity contribution in [1.82, 2.24) is 0 Å². The Morgan fingerprint density at radius 2 is 2.07 bits per heavy atom. The quantitative estimate of drug-likeness (QED) is 0.495. The van der Waals surface area contributed by atoms with Gasteiger partial charge < -0.3 is 5.32 Å². The standard InChI is InChI=1S/C8H6Cl2N4O/c9-5-2-1-3-6(10)8(5)13-7(15)4-12-14-11/h1-3H,4H2,(H,13,15). The number of benzene rings is 1. The average molecular weight is 245 g/mol. The molecule has 0 unspecified atom stereocenters. The van der Waals surface area contributed by atoms with Crippen LogP contribution in [0.3, 0.4) is 0 Å². The van der Waals surface area contributed by atoms with Crippen molar-refractivity contribution in [1.29, 1.82) is 0 Å². The van der Waals surface area contributed by atoms with E-state index in [1.807, 2.05) is 0 Å². The minimum atomic E-state index is -0.470. The first-order valence-electron chi connectivity index (χ1n) is 3.90. The van der Waals surface area contributed by atoms with Gasteiger partial charge >= 0.3 is 0 Å². The van der Waals surface area contributed by atoms with E-state index in [1.54, 1.807) is 18.2 Å². The molecule has 0 spiro atoms. The number of carbonyl (C=O) groups is 1. The molecule has 1 rings (SSSR count). The van der Waals surface area contributed by atoms with Gasteiger partial charge in [-0.3, -0.25) is 4.79 Å². The van der Waals surface area contributed by atoms with Crippen LogP contribution in [-0.4, -0.2) is 12.5 Å². The number of nitrogens with one attached hydrogen (secondary N) is 1. The Morgan fingerprint density at radius 1 is 1.47 bits per heavy atom. The van der Waals surface area contributed by atoms with Crippen molar-refractivity contribution in [2.24, 2.45) is 5.11 Å². The van der Waals surface area contributed by atoms with Crippen molar-refractivity contribution in [2.75, 3.05) is 11.9 Å². The Morgan fingerprint density at radius 3 is 2.60 bits per heavy atom. The highest BCUT2D eigenvalue weighted by atomic mass is 35.5. The highest BCUT2D eigenvalue weighted by Crippen LogP contribution is 2.29. The summed E-state index contributed by atoms with van der Waals surface area (Å²) >= 11 is 11.6. The summed E-state index contributed by atoms with van der Waals surface area (Å²) in [4.78, 5) is 13.6. The van der Waals surface area contributed by atoms with Gasteiger partial charge in [-0.2, -0.15) is 0 Å². The molecule has 0 aliphatic carbocycles. The van der Waals surface area contributed by atoms with Gasteiger partial charge in [-0.25, -0.2) is 0 Å². The molecular weight excluding hydrogens is 239 g/mol. The molecule has 0 aromatic heterocycles.